The molecular weight excluding hydrogens is 256 g/mol. The van der Waals surface area contributed by atoms with Gasteiger partial charge in [0.1, 0.15) is 0 Å². The van der Waals surface area contributed by atoms with Gasteiger partial charge >= 0.3 is 0 Å². The molecule has 2 aliphatic rings. The number of rotatable bonds is 3. The average Bonchev–Trinajstić information content (AvgIpc) is 2.95. The van der Waals surface area contributed by atoms with E-state index in [0.717, 1.165) is 50.0 Å². The van der Waals surface area contributed by atoms with Gasteiger partial charge in [0.15, 0.2) is 0 Å². The van der Waals surface area contributed by atoms with Crippen molar-refractivity contribution in [3.05, 3.63) is 11.4 Å². The number of amides is 1. The number of carbonyl (C=O) groups is 1. The van der Waals surface area contributed by atoms with Gasteiger partial charge in [0.25, 0.3) is 0 Å². The van der Waals surface area contributed by atoms with Crippen LogP contribution in [0.2, 0.25) is 0 Å². The minimum Gasteiger partial charge on any atom is -0.396 e. The number of aryl methyl sites for hydroxylation is 1. The zero-order chi connectivity index (χ0) is 13.9. The van der Waals surface area contributed by atoms with Crippen molar-refractivity contribution in [2.75, 3.05) is 13.2 Å². The van der Waals surface area contributed by atoms with Crippen LogP contribution in [0.5, 0.6) is 0 Å². The number of hydrogen-bond acceptors (Lipinski definition) is 4. The van der Waals surface area contributed by atoms with E-state index in [4.69, 9.17) is 0 Å². The van der Waals surface area contributed by atoms with Gasteiger partial charge in [-0.3, -0.25) is 4.79 Å². The number of likely N-dealkylation sites (tertiary alicyclic amines) is 1. The molecule has 2 unspecified atom stereocenters. The van der Waals surface area contributed by atoms with E-state index in [0.29, 0.717) is 12.8 Å². The number of carbonyl (C=O) groups excluding carboxylic acids is 1. The second-order valence-electron chi connectivity index (χ2n) is 5.85. The Kier molecular flexibility index (Phi) is 4.00. The Morgan fingerprint density at radius 1 is 1.30 bits per heavy atom. The first-order valence-electron chi connectivity index (χ1n) is 7.59. The minimum absolute atomic E-state index is 0.0342. The molecule has 2 heterocycles. The molecule has 110 valence electrons. The van der Waals surface area contributed by atoms with Crippen LogP contribution < -0.4 is 0 Å². The van der Waals surface area contributed by atoms with Gasteiger partial charge in [0, 0.05) is 31.5 Å². The van der Waals surface area contributed by atoms with E-state index in [1.54, 1.807) is 0 Å². The zero-order valence-corrected chi connectivity index (χ0v) is 11.7. The molecule has 0 spiro atoms. The van der Waals surface area contributed by atoms with Crippen LogP contribution in [-0.4, -0.2) is 50.5 Å². The third-order valence-corrected chi connectivity index (χ3v) is 4.59. The standard InChI is InChI=1S/C14H22N4O2/c19-8-6-11-3-1-2-7-18(11)14(20)10-4-5-12-13(9-10)16-17-15-12/h10-11,19H,1-9H2,(H,15,16,17). The molecule has 1 aliphatic carbocycles. The summed E-state index contributed by atoms with van der Waals surface area (Å²) in [7, 11) is 0. The lowest BCUT2D eigenvalue weighted by molar-refractivity contribution is -0.140. The van der Waals surface area contributed by atoms with Crippen LogP contribution in [0.25, 0.3) is 0 Å². The first kappa shape index (κ1) is 13.5. The second kappa shape index (κ2) is 5.91. The number of aliphatic hydroxyl groups is 1. The van der Waals surface area contributed by atoms with Gasteiger partial charge in [-0.1, -0.05) is 0 Å². The third kappa shape index (κ3) is 2.57. The molecule has 0 saturated carbocycles. The number of H-pyrrole nitrogens is 1. The number of aromatic amines is 1. The Balaban J connectivity index is 1.68. The summed E-state index contributed by atoms with van der Waals surface area (Å²) < 4.78 is 0. The summed E-state index contributed by atoms with van der Waals surface area (Å²) in [6.45, 7) is 0.998. The van der Waals surface area contributed by atoms with Crippen molar-refractivity contribution in [3.63, 3.8) is 0 Å². The average molecular weight is 278 g/mol. The van der Waals surface area contributed by atoms with Crippen LogP contribution >= 0.6 is 0 Å². The molecule has 2 atom stereocenters. The number of aromatic nitrogens is 3. The van der Waals surface area contributed by atoms with Crippen molar-refractivity contribution in [2.45, 2.75) is 51.0 Å². The highest BCUT2D eigenvalue weighted by Crippen LogP contribution is 2.27. The normalized spacial score (nSPS) is 26.4. The van der Waals surface area contributed by atoms with Gasteiger partial charge in [-0.15, -0.1) is 0 Å². The summed E-state index contributed by atoms with van der Waals surface area (Å²) >= 11 is 0. The number of aliphatic hydroxyl groups excluding tert-OH is 1. The molecule has 0 radical (unpaired) electrons. The first-order valence-corrected chi connectivity index (χ1v) is 7.59. The first-order chi connectivity index (χ1) is 9.79. The van der Waals surface area contributed by atoms with Gasteiger partial charge in [0.2, 0.25) is 5.91 Å². The second-order valence-corrected chi connectivity index (χ2v) is 5.85. The lowest BCUT2D eigenvalue weighted by Gasteiger charge is -2.38. The molecule has 0 bridgehead atoms. The van der Waals surface area contributed by atoms with Crippen molar-refractivity contribution >= 4 is 5.91 Å². The van der Waals surface area contributed by atoms with Crippen molar-refractivity contribution in [3.8, 4) is 0 Å². The van der Waals surface area contributed by atoms with Crippen LogP contribution in [0.4, 0.5) is 0 Å². The van der Waals surface area contributed by atoms with Gasteiger partial charge in [-0.25, -0.2) is 0 Å². The van der Waals surface area contributed by atoms with E-state index in [-0.39, 0.29) is 24.5 Å². The Labute approximate surface area is 118 Å². The summed E-state index contributed by atoms with van der Waals surface area (Å²) in [5, 5.41) is 20.1. The quantitative estimate of drug-likeness (QED) is 0.851. The number of nitrogens with one attached hydrogen (secondary N) is 1. The van der Waals surface area contributed by atoms with E-state index in [1.165, 1.54) is 0 Å². The van der Waals surface area contributed by atoms with Crippen LogP contribution in [0.15, 0.2) is 0 Å². The lowest BCUT2D eigenvalue weighted by Crippen LogP contribution is -2.47. The molecule has 1 fully saturated rings. The molecule has 2 N–H and O–H groups in total. The maximum Gasteiger partial charge on any atom is 0.226 e. The molecule has 1 aliphatic heterocycles. The van der Waals surface area contributed by atoms with Gasteiger partial charge in [-0.2, -0.15) is 15.4 Å². The topological polar surface area (TPSA) is 82.1 Å². The van der Waals surface area contributed by atoms with E-state index < -0.39 is 0 Å². The van der Waals surface area contributed by atoms with Crippen molar-refractivity contribution in [1.29, 1.82) is 0 Å². The number of fused-ring (bicyclic) bond motifs is 1. The monoisotopic (exact) mass is 278 g/mol. The van der Waals surface area contributed by atoms with Crippen molar-refractivity contribution < 1.29 is 9.90 Å². The SMILES string of the molecule is O=C(C1CCc2n[nH]nc2C1)N1CCCCC1CCO. The Hall–Kier alpha value is -1.43. The molecule has 0 aromatic carbocycles. The van der Waals surface area contributed by atoms with Crippen LogP contribution in [0.3, 0.4) is 0 Å². The zero-order valence-electron chi connectivity index (χ0n) is 11.7. The summed E-state index contributed by atoms with van der Waals surface area (Å²) in [5.41, 5.74) is 1.96. The highest BCUT2D eigenvalue weighted by molar-refractivity contribution is 5.79. The number of nitrogens with zero attached hydrogens (tertiary/aromatic N) is 3. The molecule has 1 amide bonds. The smallest absolute Gasteiger partial charge is 0.226 e. The van der Waals surface area contributed by atoms with Crippen molar-refractivity contribution in [1.82, 2.24) is 20.3 Å². The Morgan fingerprint density at radius 3 is 3.00 bits per heavy atom. The predicted octanol–water partition coefficient (Wildman–Crippen LogP) is 0.673. The number of piperidine rings is 1. The Morgan fingerprint density at radius 2 is 2.15 bits per heavy atom. The predicted molar refractivity (Wildman–Crippen MR) is 73.0 cm³/mol. The molecule has 6 nitrogen and oxygen atoms in total. The highest BCUT2D eigenvalue weighted by Gasteiger charge is 2.34. The molecule has 3 rings (SSSR count). The fourth-order valence-electron chi connectivity index (χ4n) is 3.47. The van der Waals surface area contributed by atoms with E-state index >= 15 is 0 Å². The molecule has 1 saturated heterocycles. The highest BCUT2D eigenvalue weighted by atomic mass is 16.3. The fourth-order valence-corrected chi connectivity index (χ4v) is 3.47. The van der Waals surface area contributed by atoms with E-state index in [1.807, 2.05) is 4.90 Å². The molecule has 20 heavy (non-hydrogen) atoms. The maximum atomic E-state index is 12.8. The minimum atomic E-state index is 0.0342. The van der Waals surface area contributed by atoms with Crippen LogP contribution in [0.1, 0.15) is 43.5 Å². The van der Waals surface area contributed by atoms with Crippen molar-refractivity contribution in [2.24, 2.45) is 5.92 Å². The molecular formula is C14H22N4O2. The van der Waals surface area contributed by atoms with Crippen LogP contribution in [-0.2, 0) is 17.6 Å². The van der Waals surface area contributed by atoms with E-state index in [9.17, 15) is 9.90 Å². The molecule has 1 aromatic rings. The lowest BCUT2D eigenvalue weighted by atomic mass is 9.87. The van der Waals surface area contributed by atoms with Crippen LogP contribution in [0, 0.1) is 5.92 Å². The summed E-state index contributed by atoms with van der Waals surface area (Å²) in [6.07, 6.45) is 6.36. The van der Waals surface area contributed by atoms with Gasteiger partial charge in [-0.05, 0) is 38.5 Å². The largest absolute Gasteiger partial charge is 0.396 e. The summed E-state index contributed by atoms with van der Waals surface area (Å²) in [6, 6.07) is 0.222. The third-order valence-electron chi connectivity index (χ3n) is 4.59. The summed E-state index contributed by atoms with van der Waals surface area (Å²) in [4.78, 5) is 14.8. The molecule has 1 aromatic heterocycles. The Bertz CT molecular complexity index is 471. The van der Waals surface area contributed by atoms with Gasteiger partial charge < -0.3 is 10.0 Å². The van der Waals surface area contributed by atoms with E-state index in [2.05, 4.69) is 15.4 Å². The fraction of sp³-hybridized carbons (Fsp3) is 0.786. The number of hydrogen-bond donors (Lipinski definition) is 2. The molecule has 6 heteroatoms. The van der Waals surface area contributed by atoms with Gasteiger partial charge in [0.05, 0.1) is 11.4 Å². The maximum absolute atomic E-state index is 12.8. The summed E-state index contributed by atoms with van der Waals surface area (Å²) in [5.74, 6) is 0.281.